The molecule has 1 amide bonds. The van der Waals surface area contributed by atoms with Gasteiger partial charge in [-0.05, 0) is 53.7 Å². The third kappa shape index (κ3) is 5.50. The fraction of sp³-hybridized carbons (Fsp3) is 0.0400. The highest BCUT2D eigenvalue weighted by Crippen LogP contribution is 2.35. The van der Waals surface area contributed by atoms with Gasteiger partial charge in [-0.15, -0.1) is 0 Å². The minimum Gasteiger partial charge on any atom is -0.487 e. The highest BCUT2D eigenvalue weighted by Gasteiger charge is 2.35. The number of para-hydroxylation sites is 1. The number of rotatable bonds is 8. The highest BCUT2D eigenvalue weighted by atomic mass is 32.2. The standard InChI is InChI=1S/C25H16N6O7S/c26-23-19(24(32)27-25-29(23)28-22(39-25)14-37-17-4-2-1-3-5-17)12-15-6-9-18(10-7-15)38-21-11-8-16(30(33)34)13-20(21)31(35)36/h1-13,26H,14H2/b19-12-,26-23?. The van der Waals surface area contributed by atoms with Gasteiger partial charge in [-0.1, -0.05) is 30.3 Å². The molecule has 0 saturated carbocycles. The Labute approximate surface area is 223 Å². The lowest BCUT2D eigenvalue weighted by Crippen LogP contribution is -2.35. The normalized spacial score (nSPS) is 15.5. The van der Waals surface area contributed by atoms with Crippen LogP contribution in [0.25, 0.3) is 6.08 Å². The molecule has 194 valence electrons. The van der Waals surface area contributed by atoms with Gasteiger partial charge in [0.15, 0.2) is 5.84 Å². The minimum absolute atomic E-state index is 0.0213. The van der Waals surface area contributed by atoms with Gasteiger partial charge >= 0.3 is 5.69 Å². The molecular formula is C25H16N6O7S. The molecule has 0 fully saturated rings. The number of nitro benzene ring substituents is 2. The van der Waals surface area contributed by atoms with E-state index in [1.54, 1.807) is 24.3 Å². The molecule has 0 bridgehead atoms. The first kappa shape index (κ1) is 25.3. The Bertz CT molecular complexity index is 1600. The second-order valence-corrected chi connectivity index (χ2v) is 8.99. The SMILES string of the molecule is N=C1/C(=C/c2ccc(Oc3ccc([N+](=O)[O-])cc3[N+](=O)[O-])cc2)C(=O)N=C2SC(COc3ccccc3)=NN12. The van der Waals surface area contributed by atoms with Crippen LogP contribution in [0.5, 0.6) is 17.2 Å². The first-order chi connectivity index (χ1) is 18.8. The Morgan fingerprint density at radius 1 is 0.974 bits per heavy atom. The van der Waals surface area contributed by atoms with E-state index in [2.05, 4.69) is 10.1 Å². The van der Waals surface area contributed by atoms with Gasteiger partial charge in [0.25, 0.3) is 11.6 Å². The lowest BCUT2D eigenvalue weighted by molar-refractivity contribution is -0.394. The van der Waals surface area contributed by atoms with Crippen molar-refractivity contribution in [3.8, 4) is 17.2 Å². The lowest BCUT2D eigenvalue weighted by atomic mass is 10.1. The maximum absolute atomic E-state index is 12.7. The number of fused-ring (bicyclic) bond motifs is 1. The molecule has 0 saturated heterocycles. The fourth-order valence-electron chi connectivity index (χ4n) is 3.53. The van der Waals surface area contributed by atoms with Crippen LogP contribution in [-0.2, 0) is 4.79 Å². The van der Waals surface area contributed by atoms with Gasteiger partial charge in [0.1, 0.15) is 23.1 Å². The molecule has 1 N–H and O–H groups in total. The maximum Gasteiger partial charge on any atom is 0.318 e. The molecule has 0 unspecified atom stereocenters. The summed E-state index contributed by atoms with van der Waals surface area (Å²) in [5.41, 5.74) is -0.426. The lowest BCUT2D eigenvalue weighted by Gasteiger charge is -2.20. The van der Waals surface area contributed by atoms with Gasteiger partial charge in [-0.25, -0.2) is 0 Å². The van der Waals surface area contributed by atoms with Crippen LogP contribution >= 0.6 is 11.8 Å². The number of nitrogens with zero attached hydrogens (tertiary/aromatic N) is 5. The minimum atomic E-state index is -0.769. The summed E-state index contributed by atoms with van der Waals surface area (Å²) in [6, 6.07) is 18.4. The van der Waals surface area contributed by atoms with Gasteiger partial charge in [0, 0.05) is 6.07 Å². The summed E-state index contributed by atoms with van der Waals surface area (Å²) in [7, 11) is 0. The number of carbonyl (C=O) groups is 1. The molecular weight excluding hydrogens is 528 g/mol. The number of carbonyl (C=O) groups excluding carboxylic acids is 1. The molecule has 39 heavy (non-hydrogen) atoms. The van der Waals surface area contributed by atoms with E-state index >= 15 is 0 Å². The average Bonchev–Trinajstić information content (AvgIpc) is 3.34. The quantitative estimate of drug-likeness (QED) is 0.233. The van der Waals surface area contributed by atoms with Crippen molar-refractivity contribution < 1.29 is 24.1 Å². The van der Waals surface area contributed by atoms with Crippen LogP contribution in [0.1, 0.15) is 5.56 Å². The second kappa shape index (κ2) is 10.5. The molecule has 14 heteroatoms. The smallest absolute Gasteiger partial charge is 0.318 e. The third-order valence-corrected chi connectivity index (χ3v) is 6.25. The van der Waals surface area contributed by atoms with E-state index in [4.69, 9.17) is 14.9 Å². The van der Waals surface area contributed by atoms with E-state index in [1.165, 1.54) is 23.2 Å². The van der Waals surface area contributed by atoms with Crippen LogP contribution < -0.4 is 9.47 Å². The zero-order valence-electron chi connectivity index (χ0n) is 19.7. The van der Waals surface area contributed by atoms with E-state index in [0.29, 0.717) is 16.4 Å². The van der Waals surface area contributed by atoms with Gasteiger partial charge < -0.3 is 9.47 Å². The summed E-state index contributed by atoms with van der Waals surface area (Å²) in [5.74, 6) is -0.0210. The molecule has 2 aliphatic heterocycles. The highest BCUT2D eigenvalue weighted by molar-refractivity contribution is 8.27. The average molecular weight is 545 g/mol. The molecule has 0 aromatic heterocycles. The number of thioether (sulfide) groups is 1. The van der Waals surface area contributed by atoms with Crippen molar-refractivity contribution in [3.63, 3.8) is 0 Å². The molecule has 0 spiro atoms. The van der Waals surface area contributed by atoms with E-state index < -0.39 is 27.1 Å². The van der Waals surface area contributed by atoms with Gasteiger partial charge in [0.2, 0.25) is 10.9 Å². The van der Waals surface area contributed by atoms with Crippen molar-refractivity contribution in [3.05, 3.63) is 104 Å². The summed E-state index contributed by atoms with van der Waals surface area (Å²) in [4.78, 5) is 37.5. The maximum atomic E-state index is 12.7. The Balaban J connectivity index is 1.30. The molecule has 2 heterocycles. The largest absolute Gasteiger partial charge is 0.487 e. The van der Waals surface area contributed by atoms with Crippen molar-refractivity contribution in [1.29, 1.82) is 5.41 Å². The topological polar surface area (TPSA) is 174 Å². The summed E-state index contributed by atoms with van der Waals surface area (Å²) >= 11 is 1.15. The van der Waals surface area contributed by atoms with Crippen molar-refractivity contribution >= 4 is 51.2 Å². The fourth-order valence-corrected chi connectivity index (χ4v) is 4.32. The van der Waals surface area contributed by atoms with E-state index in [9.17, 15) is 25.0 Å². The van der Waals surface area contributed by atoms with Crippen LogP contribution in [0.4, 0.5) is 11.4 Å². The third-order valence-electron chi connectivity index (χ3n) is 5.37. The monoisotopic (exact) mass is 544 g/mol. The molecule has 2 aliphatic rings. The van der Waals surface area contributed by atoms with Crippen LogP contribution in [0, 0.1) is 25.6 Å². The zero-order chi connectivity index (χ0) is 27.5. The predicted octanol–water partition coefficient (Wildman–Crippen LogP) is 4.99. The molecule has 0 aliphatic carbocycles. The van der Waals surface area contributed by atoms with Crippen molar-refractivity contribution in [2.75, 3.05) is 6.61 Å². The van der Waals surface area contributed by atoms with Gasteiger partial charge in [-0.2, -0.15) is 15.1 Å². The van der Waals surface area contributed by atoms with Crippen LogP contribution in [0.3, 0.4) is 0 Å². The van der Waals surface area contributed by atoms with E-state index in [-0.39, 0.29) is 34.7 Å². The molecule has 3 aromatic rings. The van der Waals surface area contributed by atoms with Crippen molar-refractivity contribution in [2.24, 2.45) is 10.1 Å². The van der Waals surface area contributed by atoms with Crippen molar-refractivity contribution in [1.82, 2.24) is 5.01 Å². The number of ether oxygens (including phenoxy) is 2. The number of non-ortho nitro benzene ring substituents is 1. The Morgan fingerprint density at radius 2 is 1.72 bits per heavy atom. The number of nitrogens with one attached hydrogen (secondary N) is 1. The predicted molar refractivity (Wildman–Crippen MR) is 143 cm³/mol. The molecule has 13 nitrogen and oxygen atoms in total. The van der Waals surface area contributed by atoms with Gasteiger partial charge in [-0.3, -0.25) is 30.4 Å². The van der Waals surface area contributed by atoms with Crippen LogP contribution in [0.2, 0.25) is 0 Å². The number of amidine groups is 2. The van der Waals surface area contributed by atoms with Crippen LogP contribution in [-0.4, -0.2) is 43.4 Å². The number of nitro groups is 2. The Hall–Kier alpha value is -5.37. The summed E-state index contributed by atoms with van der Waals surface area (Å²) in [6.45, 7) is 0.152. The summed E-state index contributed by atoms with van der Waals surface area (Å²) in [5, 5.41) is 37.2. The van der Waals surface area contributed by atoms with E-state index in [0.717, 1.165) is 30.0 Å². The summed E-state index contributed by atoms with van der Waals surface area (Å²) in [6.07, 6.45) is 1.47. The Morgan fingerprint density at radius 3 is 2.41 bits per heavy atom. The number of aliphatic imine (C=N–C) groups is 1. The molecule has 0 atom stereocenters. The number of hydrogen-bond acceptors (Lipinski definition) is 10. The number of hydrogen-bond donors (Lipinski definition) is 1. The number of hydrazone groups is 1. The second-order valence-electron chi connectivity index (χ2n) is 7.95. The number of benzene rings is 3. The molecule has 5 rings (SSSR count). The van der Waals surface area contributed by atoms with Gasteiger partial charge in [0.05, 0.1) is 21.5 Å². The molecule has 3 aromatic carbocycles. The first-order valence-corrected chi connectivity index (χ1v) is 12.0. The first-order valence-electron chi connectivity index (χ1n) is 11.2. The Kier molecular flexibility index (Phi) is 6.84. The van der Waals surface area contributed by atoms with Crippen molar-refractivity contribution in [2.45, 2.75) is 0 Å². The van der Waals surface area contributed by atoms with Crippen LogP contribution in [0.15, 0.2) is 88.5 Å². The van der Waals surface area contributed by atoms with E-state index in [1.807, 2.05) is 18.2 Å². The summed E-state index contributed by atoms with van der Waals surface area (Å²) < 4.78 is 11.2. The molecule has 0 radical (unpaired) electrons. The number of amides is 1. The zero-order valence-corrected chi connectivity index (χ0v) is 20.5.